The Morgan fingerprint density at radius 1 is 1.27 bits per heavy atom. The fourth-order valence-electron chi connectivity index (χ4n) is 2.27. The van der Waals surface area contributed by atoms with Crippen LogP contribution in [0.4, 0.5) is 5.69 Å². The molecule has 1 aliphatic rings. The normalized spacial score (nSPS) is 15.2. The van der Waals surface area contributed by atoms with Crippen LogP contribution >= 0.6 is 0 Å². The highest BCUT2D eigenvalue weighted by Gasteiger charge is 2.18. The minimum absolute atomic E-state index is 0.151. The predicted molar refractivity (Wildman–Crippen MR) is 80.5 cm³/mol. The zero-order valence-corrected chi connectivity index (χ0v) is 12.4. The van der Waals surface area contributed by atoms with Gasteiger partial charge in [-0.25, -0.2) is 4.79 Å². The van der Waals surface area contributed by atoms with E-state index in [0.29, 0.717) is 37.4 Å². The van der Waals surface area contributed by atoms with E-state index in [-0.39, 0.29) is 12.5 Å². The van der Waals surface area contributed by atoms with Gasteiger partial charge < -0.3 is 15.0 Å². The summed E-state index contributed by atoms with van der Waals surface area (Å²) in [4.78, 5) is 37.8. The number of piperazine rings is 1. The molecule has 1 N–H and O–H groups in total. The van der Waals surface area contributed by atoms with Crippen LogP contribution in [0.2, 0.25) is 0 Å². The fourth-order valence-corrected chi connectivity index (χ4v) is 2.27. The van der Waals surface area contributed by atoms with Crippen LogP contribution in [-0.2, 0) is 14.3 Å². The first-order valence-electron chi connectivity index (χ1n) is 7.02. The standard InChI is InChI=1S/C15H19N3O4/c1-22-15(21)12-3-2-4-13(9-12)16-14(20)10-17-5-7-18(11-19)8-6-17/h2-4,9,11H,5-8,10H2,1H3,(H,16,20). The number of rotatable bonds is 5. The Hall–Kier alpha value is -2.41. The zero-order chi connectivity index (χ0) is 15.9. The molecule has 0 radical (unpaired) electrons. The largest absolute Gasteiger partial charge is 0.465 e. The van der Waals surface area contributed by atoms with Crippen molar-refractivity contribution in [3.05, 3.63) is 29.8 Å². The fraction of sp³-hybridized carbons (Fsp3) is 0.400. The van der Waals surface area contributed by atoms with Crippen LogP contribution in [0, 0.1) is 0 Å². The van der Waals surface area contributed by atoms with Crippen LogP contribution in [0.1, 0.15) is 10.4 Å². The first kappa shape index (κ1) is 16.0. The van der Waals surface area contributed by atoms with Crippen molar-refractivity contribution in [3.63, 3.8) is 0 Å². The molecule has 118 valence electrons. The van der Waals surface area contributed by atoms with Crippen molar-refractivity contribution >= 4 is 24.0 Å². The quantitative estimate of drug-likeness (QED) is 0.620. The topological polar surface area (TPSA) is 79.0 Å². The van der Waals surface area contributed by atoms with Crippen molar-refractivity contribution in [2.24, 2.45) is 0 Å². The van der Waals surface area contributed by atoms with Gasteiger partial charge in [0.1, 0.15) is 0 Å². The van der Waals surface area contributed by atoms with Crippen molar-refractivity contribution in [2.45, 2.75) is 0 Å². The number of methoxy groups -OCH3 is 1. The second-order valence-electron chi connectivity index (χ2n) is 5.04. The molecule has 1 aromatic carbocycles. The Morgan fingerprint density at radius 2 is 2.00 bits per heavy atom. The number of carbonyl (C=O) groups is 3. The van der Waals surface area contributed by atoms with Crippen LogP contribution in [0.5, 0.6) is 0 Å². The molecule has 1 aromatic rings. The lowest BCUT2D eigenvalue weighted by Crippen LogP contribution is -2.48. The van der Waals surface area contributed by atoms with Crippen LogP contribution in [0.15, 0.2) is 24.3 Å². The molecule has 1 saturated heterocycles. The van der Waals surface area contributed by atoms with Crippen molar-refractivity contribution in [1.29, 1.82) is 0 Å². The maximum absolute atomic E-state index is 12.0. The van der Waals surface area contributed by atoms with E-state index in [1.54, 1.807) is 29.2 Å². The van der Waals surface area contributed by atoms with Crippen molar-refractivity contribution in [3.8, 4) is 0 Å². The first-order valence-corrected chi connectivity index (χ1v) is 7.02. The molecule has 0 aliphatic carbocycles. The van der Waals surface area contributed by atoms with Gasteiger partial charge in [-0.2, -0.15) is 0 Å². The van der Waals surface area contributed by atoms with Crippen LogP contribution in [0.25, 0.3) is 0 Å². The average molecular weight is 305 g/mol. The molecule has 0 saturated carbocycles. The Balaban J connectivity index is 1.87. The molecular formula is C15H19N3O4. The summed E-state index contributed by atoms with van der Waals surface area (Å²) in [5.41, 5.74) is 0.944. The highest BCUT2D eigenvalue weighted by molar-refractivity contribution is 5.95. The summed E-state index contributed by atoms with van der Waals surface area (Å²) >= 11 is 0. The molecule has 0 bridgehead atoms. The lowest BCUT2D eigenvalue weighted by atomic mass is 10.2. The van der Waals surface area contributed by atoms with E-state index in [1.165, 1.54) is 7.11 Å². The molecule has 22 heavy (non-hydrogen) atoms. The summed E-state index contributed by atoms with van der Waals surface area (Å²) < 4.78 is 4.65. The maximum Gasteiger partial charge on any atom is 0.337 e. The molecule has 0 aromatic heterocycles. The van der Waals surface area contributed by atoms with Crippen molar-refractivity contribution < 1.29 is 19.1 Å². The zero-order valence-electron chi connectivity index (χ0n) is 12.4. The number of esters is 1. The Labute approximate surface area is 128 Å². The number of benzene rings is 1. The number of hydrogen-bond acceptors (Lipinski definition) is 5. The Bertz CT molecular complexity index is 553. The van der Waals surface area contributed by atoms with Gasteiger partial charge in [0, 0.05) is 31.9 Å². The first-order chi connectivity index (χ1) is 10.6. The molecule has 2 amide bonds. The number of carbonyl (C=O) groups excluding carboxylic acids is 3. The highest BCUT2D eigenvalue weighted by Crippen LogP contribution is 2.11. The predicted octanol–water partition coefficient (Wildman–Crippen LogP) is 0.186. The molecular weight excluding hydrogens is 286 g/mol. The van der Waals surface area contributed by atoms with Gasteiger partial charge in [-0.1, -0.05) is 6.07 Å². The summed E-state index contributed by atoms with van der Waals surface area (Å²) in [5.74, 6) is -0.595. The van der Waals surface area contributed by atoms with Crippen LogP contribution in [-0.4, -0.2) is 67.9 Å². The number of nitrogens with one attached hydrogen (secondary N) is 1. The van der Waals surface area contributed by atoms with Gasteiger partial charge in [0.25, 0.3) is 0 Å². The minimum Gasteiger partial charge on any atom is -0.465 e. The van der Waals surface area contributed by atoms with E-state index in [1.807, 2.05) is 4.90 Å². The third-order valence-electron chi connectivity index (χ3n) is 3.49. The van der Waals surface area contributed by atoms with Gasteiger partial charge in [-0.3, -0.25) is 14.5 Å². The molecule has 7 heteroatoms. The molecule has 1 heterocycles. The molecule has 0 spiro atoms. The van der Waals surface area contributed by atoms with Gasteiger partial charge in [-0.05, 0) is 18.2 Å². The van der Waals surface area contributed by atoms with E-state index >= 15 is 0 Å². The van der Waals surface area contributed by atoms with E-state index in [4.69, 9.17) is 0 Å². The van der Waals surface area contributed by atoms with Gasteiger partial charge in [0.15, 0.2) is 0 Å². The lowest BCUT2D eigenvalue weighted by molar-refractivity contribution is -0.120. The van der Waals surface area contributed by atoms with Gasteiger partial charge in [0.2, 0.25) is 12.3 Å². The highest BCUT2D eigenvalue weighted by atomic mass is 16.5. The van der Waals surface area contributed by atoms with E-state index in [2.05, 4.69) is 10.1 Å². The molecule has 0 atom stereocenters. The number of nitrogens with zero attached hydrogens (tertiary/aromatic N) is 2. The minimum atomic E-state index is -0.443. The maximum atomic E-state index is 12.0. The summed E-state index contributed by atoms with van der Waals surface area (Å²) in [6.07, 6.45) is 0.829. The van der Waals surface area contributed by atoms with Gasteiger partial charge in [-0.15, -0.1) is 0 Å². The number of hydrogen-bond donors (Lipinski definition) is 1. The second-order valence-corrected chi connectivity index (χ2v) is 5.04. The molecule has 2 rings (SSSR count). The summed E-state index contributed by atoms with van der Waals surface area (Å²) in [6.45, 7) is 2.88. The Kier molecular flexibility index (Phi) is 5.48. The van der Waals surface area contributed by atoms with Crippen molar-refractivity contribution in [1.82, 2.24) is 9.80 Å². The van der Waals surface area contributed by atoms with Crippen molar-refractivity contribution in [2.75, 3.05) is 45.2 Å². The summed E-state index contributed by atoms with van der Waals surface area (Å²) in [5, 5.41) is 2.76. The third-order valence-corrected chi connectivity index (χ3v) is 3.49. The van der Waals surface area contributed by atoms with Gasteiger partial charge >= 0.3 is 5.97 Å². The number of anilines is 1. The lowest BCUT2D eigenvalue weighted by Gasteiger charge is -2.31. The summed E-state index contributed by atoms with van der Waals surface area (Å²) in [7, 11) is 1.31. The van der Waals surface area contributed by atoms with Crippen LogP contribution in [0.3, 0.4) is 0 Å². The number of ether oxygens (including phenoxy) is 1. The molecule has 1 aliphatic heterocycles. The SMILES string of the molecule is COC(=O)c1cccc(NC(=O)CN2CCN(C=O)CC2)c1. The summed E-state index contributed by atoms with van der Waals surface area (Å²) in [6, 6.07) is 6.60. The van der Waals surface area contributed by atoms with E-state index < -0.39 is 5.97 Å². The molecule has 0 unspecified atom stereocenters. The average Bonchev–Trinajstić information content (AvgIpc) is 2.55. The Morgan fingerprint density at radius 3 is 2.64 bits per heavy atom. The number of amides is 2. The second kappa shape index (κ2) is 7.56. The van der Waals surface area contributed by atoms with E-state index in [0.717, 1.165) is 6.41 Å². The monoisotopic (exact) mass is 305 g/mol. The van der Waals surface area contributed by atoms with Crippen LogP contribution < -0.4 is 5.32 Å². The van der Waals surface area contributed by atoms with Gasteiger partial charge in [0.05, 0.1) is 19.2 Å². The third kappa shape index (κ3) is 4.29. The smallest absolute Gasteiger partial charge is 0.337 e. The molecule has 7 nitrogen and oxygen atoms in total. The molecule has 1 fully saturated rings. The van der Waals surface area contributed by atoms with E-state index in [9.17, 15) is 14.4 Å².